The van der Waals surface area contributed by atoms with Crippen molar-refractivity contribution in [2.75, 3.05) is 6.54 Å². The molecule has 1 unspecified atom stereocenters. The monoisotopic (exact) mass is 292 g/mol. The van der Waals surface area contributed by atoms with Crippen molar-refractivity contribution in [1.29, 1.82) is 0 Å². The van der Waals surface area contributed by atoms with E-state index in [1.807, 2.05) is 45.6 Å². The van der Waals surface area contributed by atoms with Crippen molar-refractivity contribution >= 4 is 11.8 Å². The van der Waals surface area contributed by atoms with E-state index in [2.05, 4.69) is 5.32 Å². The third-order valence-electron chi connectivity index (χ3n) is 5.25. The van der Waals surface area contributed by atoms with Gasteiger partial charge in [0.05, 0.1) is 0 Å². The predicted molar refractivity (Wildman–Crippen MR) is 83.7 cm³/mol. The number of piperazine rings is 1. The Balaban J connectivity index is 2.41. The molecule has 21 heavy (non-hydrogen) atoms. The van der Waals surface area contributed by atoms with Gasteiger partial charge in [0.25, 0.3) is 0 Å². The van der Waals surface area contributed by atoms with E-state index in [9.17, 15) is 9.59 Å². The van der Waals surface area contributed by atoms with Crippen LogP contribution in [0.1, 0.15) is 60.3 Å². The van der Waals surface area contributed by atoms with E-state index in [1.165, 1.54) is 5.57 Å². The standard InChI is InChI=1S/C17H28N2O2/c1-6-17(7-2)14(20)18-16(5,13-8-9-13)15(21)19(17)11-10-12(3)4/h10,13H,6-9,11H2,1-5H3,(H,18,20). The lowest BCUT2D eigenvalue weighted by molar-refractivity contribution is -0.163. The molecule has 118 valence electrons. The smallest absolute Gasteiger partial charge is 0.249 e. The molecule has 2 rings (SSSR count). The second-order valence-corrected chi connectivity index (χ2v) is 6.87. The molecule has 1 N–H and O–H groups in total. The molecule has 2 aliphatic rings. The van der Waals surface area contributed by atoms with Crippen LogP contribution in [0.25, 0.3) is 0 Å². The zero-order chi connectivity index (χ0) is 15.8. The van der Waals surface area contributed by atoms with Crippen molar-refractivity contribution in [2.24, 2.45) is 5.92 Å². The molecule has 1 aliphatic heterocycles. The Hall–Kier alpha value is -1.32. The van der Waals surface area contributed by atoms with Crippen LogP contribution in [-0.2, 0) is 9.59 Å². The number of nitrogens with zero attached hydrogens (tertiary/aromatic N) is 1. The molecular weight excluding hydrogens is 264 g/mol. The summed E-state index contributed by atoms with van der Waals surface area (Å²) in [6.07, 6.45) is 5.41. The van der Waals surface area contributed by atoms with E-state index in [-0.39, 0.29) is 11.8 Å². The second-order valence-electron chi connectivity index (χ2n) is 6.87. The molecule has 0 aromatic heterocycles. The van der Waals surface area contributed by atoms with Crippen LogP contribution >= 0.6 is 0 Å². The molecular formula is C17H28N2O2. The van der Waals surface area contributed by atoms with Gasteiger partial charge in [-0.15, -0.1) is 0 Å². The van der Waals surface area contributed by atoms with Crippen molar-refractivity contribution in [2.45, 2.75) is 71.4 Å². The quantitative estimate of drug-likeness (QED) is 0.792. The van der Waals surface area contributed by atoms with Gasteiger partial charge in [-0.05, 0) is 52.4 Å². The maximum absolute atomic E-state index is 13.1. The summed E-state index contributed by atoms with van der Waals surface area (Å²) < 4.78 is 0. The van der Waals surface area contributed by atoms with Gasteiger partial charge in [-0.3, -0.25) is 9.59 Å². The fourth-order valence-electron chi connectivity index (χ4n) is 3.42. The number of allylic oxidation sites excluding steroid dienone is 1. The minimum atomic E-state index is -0.708. The van der Waals surface area contributed by atoms with Crippen LogP contribution < -0.4 is 5.32 Å². The zero-order valence-electron chi connectivity index (χ0n) is 14.0. The summed E-state index contributed by atoms with van der Waals surface area (Å²) in [4.78, 5) is 27.7. The molecule has 1 aliphatic carbocycles. The van der Waals surface area contributed by atoms with E-state index in [4.69, 9.17) is 0 Å². The van der Waals surface area contributed by atoms with Gasteiger partial charge in [0.15, 0.2) is 0 Å². The first-order valence-electron chi connectivity index (χ1n) is 8.10. The number of nitrogens with one attached hydrogen (secondary N) is 1. The number of hydrogen-bond donors (Lipinski definition) is 1. The minimum Gasteiger partial charge on any atom is -0.340 e. The number of hydrogen-bond acceptors (Lipinski definition) is 2. The maximum Gasteiger partial charge on any atom is 0.249 e. The summed E-state index contributed by atoms with van der Waals surface area (Å²) in [5.74, 6) is 0.407. The highest BCUT2D eigenvalue weighted by Gasteiger charge is 2.59. The van der Waals surface area contributed by atoms with Crippen molar-refractivity contribution in [3.63, 3.8) is 0 Å². The van der Waals surface area contributed by atoms with Gasteiger partial charge in [0.1, 0.15) is 11.1 Å². The van der Waals surface area contributed by atoms with Gasteiger partial charge in [-0.25, -0.2) is 0 Å². The van der Waals surface area contributed by atoms with Crippen molar-refractivity contribution < 1.29 is 9.59 Å². The topological polar surface area (TPSA) is 49.4 Å². The first kappa shape index (κ1) is 16.1. The SMILES string of the molecule is CCC1(CC)C(=O)NC(C)(C2CC2)C(=O)N1CC=C(C)C. The van der Waals surface area contributed by atoms with E-state index >= 15 is 0 Å². The highest BCUT2D eigenvalue weighted by molar-refractivity contribution is 6.02. The van der Waals surface area contributed by atoms with Crippen LogP contribution in [0, 0.1) is 5.92 Å². The maximum atomic E-state index is 13.1. The summed E-state index contributed by atoms with van der Waals surface area (Å²) in [5.41, 5.74) is -0.235. The lowest BCUT2D eigenvalue weighted by atomic mass is 9.80. The van der Waals surface area contributed by atoms with Gasteiger partial charge < -0.3 is 10.2 Å². The van der Waals surface area contributed by atoms with Gasteiger partial charge in [0.2, 0.25) is 11.8 Å². The average Bonchev–Trinajstić information content (AvgIpc) is 3.26. The first-order valence-corrected chi connectivity index (χ1v) is 8.10. The molecule has 1 saturated carbocycles. The molecule has 0 aromatic carbocycles. The highest BCUT2D eigenvalue weighted by atomic mass is 16.2. The fourth-order valence-corrected chi connectivity index (χ4v) is 3.42. The van der Waals surface area contributed by atoms with Crippen molar-refractivity contribution in [1.82, 2.24) is 10.2 Å². The van der Waals surface area contributed by atoms with Crippen LogP contribution in [0.5, 0.6) is 0 Å². The lowest BCUT2D eigenvalue weighted by Crippen LogP contribution is -2.75. The molecule has 1 atom stereocenters. The van der Waals surface area contributed by atoms with E-state index in [1.54, 1.807) is 0 Å². The van der Waals surface area contributed by atoms with Gasteiger partial charge in [-0.1, -0.05) is 25.5 Å². The van der Waals surface area contributed by atoms with Crippen LogP contribution in [-0.4, -0.2) is 34.3 Å². The fraction of sp³-hybridized carbons (Fsp3) is 0.765. The normalized spacial score (nSPS) is 28.3. The summed E-state index contributed by atoms with van der Waals surface area (Å²) in [7, 11) is 0. The van der Waals surface area contributed by atoms with E-state index in [0.717, 1.165) is 12.8 Å². The first-order chi connectivity index (χ1) is 9.81. The van der Waals surface area contributed by atoms with Gasteiger partial charge in [-0.2, -0.15) is 0 Å². The predicted octanol–water partition coefficient (Wildman–Crippen LogP) is 2.64. The number of carbonyl (C=O) groups excluding carboxylic acids is 2. The number of carbonyl (C=O) groups is 2. The van der Waals surface area contributed by atoms with Crippen molar-refractivity contribution in [3.8, 4) is 0 Å². The Morgan fingerprint density at radius 3 is 2.29 bits per heavy atom. The van der Waals surface area contributed by atoms with Crippen LogP contribution in [0.3, 0.4) is 0 Å². The molecule has 1 heterocycles. The Morgan fingerprint density at radius 2 is 1.86 bits per heavy atom. The molecule has 0 spiro atoms. The molecule has 4 heteroatoms. The average molecular weight is 292 g/mol. The Morgan fingerprint density at radius 1 is 1.29 bits per heavy atom. The second kappa shape index (κ2) is 5.47. The third-order valence-corrected chi connectivity index (χ3v) is 5.25. The van der Waals surface area contributed by atoms with E-state index < -0.39 is 11.1 Å². The lowest BCUT2D eigenvalue weighted by Gasteiger charge is -2.51. The molecule has 0 aromatic rings. The van der Waals surface area contributed by atoms with Crippen LogP contribution in [0.4, 0.5) is 0 Å². The van der Waals surface area contributed by atoms with Gasteiger partial charge in [0, 0.05) is 6.54 Å². The van der Waals surface area contributed by atoms with Crippen LogP contribution in [0.2, 0.25) is 0 Å². The summed E-state index contributed by atoms with van der Waals surface area (Å²) >= 11 is 0. The molecule has 2 amide bonds. The molecule has 0 bridgehead atoms. The molecule has 0 radical (unpaired) electrons. The summed E-state index contributed by atoms with van der Waals surface area (Å²) in [6.45, 7) is 10.5. The minimum absolute atomic E-state index is 0.0173. The number of rotatable bonds is 5. The molecule has 2 fully saturated rings. The Kier molecular flexibility index (Phi) is 4.18. The third kappa shape index (κ3) is 2.49. The summed E-state index contributed by atoms with van der Waals surface area (Å²) in [6, 6.07) is 0. The zero-order valence-corrected chi connectivity index (χ0v) is 14.0. The highest BCUT2D eigenvalue weighted by Crippen LogP contribution is 2.44. The number of amides is 2. The molecule has 4 nitrogen and oxygen atoms in total. The van der Waals surface area contributed by atoms with Crippen molar-refractivity contribution in [3.05, 3.63) is 11.6 Å². The largest absolute Gasteiger partial charge is 0.340 e. The molecule has 1 saturated heterocycles. The van der Waals surface area contributed by atoms with Gasteiger partial charge >= 0.3 is 0 Å². The Labute approximate surface area is 128 Å². The summed E-state index contributed by atoms with van der Waals surface area (Å²) in [5, 5.41) is 3.06. The van der Waals surface area contributed by atoms with Crippen LogP contribution in [0.15, 0.2) is 11.6 Å². The van der Waals surface area contributed by atoms with E-state index in [0.29, 0.717) is 25.3 Å². The Bertz CT molecular complexity index is 471.